The van der Waals surface area contributed by atoms with Crippen LogP contribution in [0.4, 0.5) is 0 Å². The van der Waals surface area contributed by atoms with Crippen LogP contribution in [0.3, 0.4) is 0 Å². The lowest BCUT2D eigenvalue weighted by molar-refractivity contribution is -0.139. The third-order valence-electron chi connectivity index (χ3n) is 5.17. The molecule has 4 rings (SSSR count). The second kappa shape index (κ2) is 10.3. The van der Waals surface area contributed by atoms with Crippen LogP contribution in [0.5, 0.6) is 5.75 Å². The smallest absolute Gasteiger partial charge is 0.338 e. The number of aromatic nitrogens is 1. The lowest BCUT2D eigenvalue weighted by atomic mass is 9.96. The highest BCUT2D eigenvalue weighted by Crippen LogP contribution is 2.30. The van der Waals surface area contributed by atoms with Gasteiger partial charge in [-0.3, -0.25) is 9.36 Å². The summed E-state index contributed by atoms with van der Waals surface area (Å²) in [5.74, 6) is 0.237. The average Bonchev–Trinajstić information content (AvgIpc) is 3.12. The van der Waals surface area contributed by atoms with Gasteiger partial charge in [-0.25, -0.2) is 9.79 Å². The van der Waals surface area contributed by atoms with E-state index >= 15 is 0 Å². The number of para-hydroxylation sites is 1. The van der Waals surface area contributed by atoms with E-state index < -0.39 is 12.0 Å². The lowest BCUT2D eigenvalue weighted by Gasteiger charge is -2.24. The number of carbonyl (C=O) groups is 1. The molecule has 1 aromatic heterocycles. The van der Waals surface area contributed by atoms with Gasteiger partial charge in [-0.05, 0) is 31.6 Å². The van der Waals surface area contributed by atoms with Gasteiger partial charge < -0.3 is 9.47 Å². The first-order valence-electron chi connectivity index (χ1n) is 10.6. The van der Waals surface area contributed by atoms with E-state index in [9.17, 15) is 9.59 Å². The summed E-state index contributed by atoms with van der Waals surface area (Å²) in [4.78, 5) is 31.6. The van der Waals surface area contributed by atoms with E-state index in [0.29, 0.717) is 38.3 Å². The molecule has 0 fully saturated rings. The molecule has 1 atom stereocenters. The Balaban J connectivity index is 1.91. The predicted molar refractivity (Wildman–Crippen MR) is 133 cm³/mol. The molecule has 6 nitrogen and oxygen atoms in total. The Labute approximate surface area is 203 Å². The highest BCUT2D eigenvalue weighted by Gasteiger charge is 2.33. The highest BCUT2D eigenvalue weighted by molar-refractivity contribution is 9.09. The van der Waals surface area contributed by atoms with Crippen LogP contribution >= 0.6 is 27.3 Å². The molecule has 0 aliphatic carbocycles. The maximum absolute atomic E-state index is 13.6. The minimum Gasteiger partial charge on any atom is -0.492 e. The number of ether oxygens (including phenoxy) is 2. The Bertz CT molecular complexity index is 1380. The van der Waals surface area contributed by atoms with Gasteiger partial charge >= 0.3 is 5.97 Å². The molecule has 3 aromatic rings. The van der Waals surface area contributed by atoms with Crippen LogP contribution in [0.2, 0.25) is 0 Å². The summed E-state index contributed by atoms with van der Waals surface area (Å²) in [6.07, 6.45) is 1.82. The van der Waals surface area contributed by atoms with Gasteiger partial charge in [-0.15, -0.1) is 0 Å². The van der Waals surface area contributed by atoms with E-state index in [1.54, 1.807) is 18.4 Å². The maximum atomic E-state index is 13.6. The van der Waals surface area contributed by atoms with Crippen molar-refractivity contribution < 1.29 is 14.3 Å². The fourth-order valence-electron chi connectivity index (χ4n) is 3.76. The molecule has 0 radical (unpaired) electrons. The quantitative estimate of drug-likeness (QED) is 0.348. The largest absolute Gasteiger partial charge is 0.492 e. The van der Waals surface area contributed by atoms with Gasteiger partial charge in [0.25, 0.3) is 5.56 Å². The van der Waals surface area contributed by atoms with Crippen LogP contribution in [-0.4, -0.2) is 29.1 Å². The second-order valence-electron chi connectivity index (χ2n) is 7.29. The molecule has 0 saturated carbocycles. The zero-order chi connectivity index (χ0) is 23.4. The third kappa shape index (κ3) is 4.72. The molecule has 0 spiro atoms. The van der Waals surface area contributed by atoms with Crippen LogP contribution in [0.1, 0.15) is 31.0 Å². The molecule has 1 aliphatic heterocycles. The number of carbonyl (C=O) groups excluding carboxylic acids is 1. The summed E-state index contributed by atoms with van der Waals surface area (Å²) in [5.41, 5.74) is 2.35. The minimum absolute atomic E-state index is 0.211. The number of allylic oxidation sites excluding steroid dienone is 1. The van der Waals surface area contributed by atoms with Gasteiger partial charge in [0.2, 0.25) is 0 Å². The molecule has 1 aliphatic rings. The molecule has 0 unspecified atom stereocenters. The van der Waals surface area contributed by atoms with Crippen molar-refractivity contribution in [2.24, 2.45) is 4.99 Å². The van der Waals surface area contributed by atoms with Crippen LogP contribution in [0.15, 0.2) is 75.7 Å². The second-order valence-corrected chi connectivity index (χ2v) is 9.09. The average molecular weight is 527 g/mol. The van der Waals surface area contributed by atoms with Crippen LogP contribution < -0.4 is 19.6 Å². The number of esters is 1. The molecular formula is C25H23BrN2O4S. The van der Waals surface area contributed by atoms with Gasteiger partial charge in [0.15, 0.2) is 4.80 Å². The number of thiazole rings is 1. The number of alkyl halides is 1. The fourth-order valence-corrected chi connectivity index (χ4v) is 4.96. The Hall–Kier alpha value is -2.97. The molecule has 2 heterocycles. The van der Waals surface area contributed by atoms with Crippen LogP contribution in [0, 0.1) is 0 Å². The van der Waals surface area contributed by atoms with E-state index in [1.165, 1.54) is 11.3 Å². The first kappa shape index (κ1) is 23.2. The summed E-state index contributed by atoms with van der Waals surface area (Å²) < 4.78 is 13.2. The minimum atomic E-state index is -0.608. The molecule has 2 aromatic carbocycles. The van der Waals surface area contributed by atoms with E-state index in [-0.39, 0.29) is 12.2 Å². The van der Waals surface area contributed by atoms with Gasteiger partial charge in [0, 0.05) is 10.9 Å². The van der Waals surface area contributed by atoms with Crippen LogP contribution in [0.25, 0.3) is 6.08 Å². The number of benzene rings is 2. The number of hydrogen-bond donors (Lipinski definition) is 0. The van der Waals surface area contributed by atoms with Crippen molar-refractivity contribution in [3.05, 3.63) is 96.7 Å². The molecule has 33 heavy (non-hydrogen) atoms. The monoisotopic (exact) mass is 526 g/mol. The highest BCUT2D eigenvalue weighted by atomic mass is 79.9. The molecule has 0 amide bonds. The molecular weight excluding hydrogens is 504 g/mol. The van der Waals surface area contributed by atoms with E-state index in [4.69, 9.17) is 9.47 Å². The number of halogens is 1. The number of nitrogens with zero attached hydrogens (tertiary/aromatic N) is 2. The van der Waals surface area contributed by atoms with Crippen molar-refractivity contribution in [3.63, 3.8) is 0 Å². The fraction of sp³-hybridized carbons (Fsp3) is 0.240. The molecule has 170 valence electrons. The Morgan fingerprint density at radius 2 is 1.91 bits per heavy atom. The number of rotatable bonds is 7. The van der Waals surface area contributed by atoms with Crippen molar-refractivity contribution in [1.82, 2.24) is 4.57 Å². The maximum Gasteiger partial charge on any atom is 0.338 e. The van der Waals surface area contributed by atoms with E-state index in [1.807, 2.05) is 60.7 Å². The van der Waals surface area contributed by atoms with Gasteiger partial charge in [0.05, 0.1) is 35.1 Å². The van der Waals surface area contributed by atoms with Crippen molar-refractivity contribution in [2.45, 2.75) is 19.9 Å². The Kier molecular flexibility index (Phi) is 7.25. The lowest BCUT2D eigenvalue weighted by Crippen LogP contribution is -2.39. The SMILES string of the molecule is CCOC(=O)C1=C(C)N=c2s/c(=C\c3ccccc3OCCBr)c(=O)n2[C@@H]1c1ccccc1. The summed E-state index contributed by atoms with van der Waals surface area (Å²) in [6.45, 7) is 4.30. The molecule has 0 saturated heterocycles. The summed E-state index contributed by atoms with van der Waals surface area (Å²) in [5, 5.41) is 0.705. The van der Waals surface area contributed by atoms with Gasteiger partial charge in [-0.1, -0.05) is 75.8 Å². The van der Waals surface area contributed by atoms with Crippen molar-refractivity contribution in [2.75, 3.05) is 18.5 Å². The number of hydrogen-bond acceptors (Lipinski definition) is 6. The predicted octanol–water partition coefficient (Wildman–Crippen LogP) is 3.57. The zero-order valence-electron chi connectivity index (χ0n) is 18.3. The summed E-state index contributed by atoms with van der Waals surface area (Å²) >= 11 is 4.67. The van der Waals surface area contributed by atoms with Gasteiger partial charge in [-0.2, -0.15) is 0 Å². The van der Waals surface area contributed by atoms with E-state index in [2.05, 4.69) is 20.9 Å². The van der Waals surface area contributed by atoms with E-state index in [0.717, 1.165) is 11.1 Å². The van der Waals surface area contributed by atoms with Crippen molar-refractivity contribution in [1.29, 1.82) is 0 Å². The third-order valence-corrected chi connectivity index (χ3v) is 6.48. The zero-order valence-corrected chi connectivity index (χ0v) is 20.7. The Morgan fingerprint density at radius 3 is 2.64 bits per heavy atom. The standard InChI is InChI=1S/C25H23BrN2O4S/c1-3-31-24(30)21-16(2)27-25-28(22(21)17-9-5-4-6-10-17)23(29)20(33-25)15-18-11-7-8-12-19(18)32-14-13-26/h4-12,15,22H,3,13-14H2,1-2H3/b20-15-/t22-/m1/s1. The molecule has 0 bridgehead atoms. The topological polar surface area (TPSA) is 69.9 Å². The van der Waals surface area contributed by atoms with Crippen molar-refractivity contribution in [3.8, 4) is 5.75 Å². The number of fused-ring (bicyclic) bond motifs is 1. The first-order valence-corrected chi connectivity index (χ1v) is 12.5. The first-order chi connectivity index (χ1) is 16.0. The summed E-state index contributed by atoms with van der Waals surface area (Å²) in [6, 6.07) is 16.5. The van der Waals surface area contributed by atoms with Crippen LogP contribution in [-0.2, 0) is 9.53 Å². The van der Waals surface area contributed by atoms with Crippen molar-refractivity contribution >= 4 is 39.3 Å². The normalized spacial score (nSPS) is 15.7. The molecule has 8 heteroatoms. The molecule has 0 N–H and O–H groups in total. The Morgan fingerprint density at radius 1 is 1.18 bits per heavy atom. The van der Waals surface area contributed by atoms with Gasteiger partial charge in [0.1, 0.15) is 5.75 Å². The summed E-state index contributed by atoms with van der Waals surface area (Å²) in [7, 11) is 0.